The molecule has 0 fully saturated rings. The molecule has 3 aromatic carbocycles. The molecule has 2 unspecified atom stereocenters. The second-order valence-corrected chi connectivity index (χ2v) is 9.61. The monoisotopic (exact) mass is 451 g/mol. The van der Waals surface area contributed by atoms with Crippen LogP contribution in [0, 0.1) is 36.7 Å². The number of aryl methyl sites for hydroxylation is 1. The van der Waals surface area contributed by atoms with Crippen molar-refractivity contribution in [2.24, 2.45) is 0 Å². The van der Waals surface area contributed by atoms with Crippen LogP contribution >= 0.6 is 10.5 Å². The summed E-state index contributed by atoms with van der Waals surface area (Å²) in [5.41, 5.74) is -1.72. The van der Waals surface area contributed by atoms with Crippen LogP contribution in [-0.4, -0.2) is 5.97 Å². The van der Waals surface area contributed by atoms with Crippen LogP contribution in [0.15, 0.2) is 66.7 Å². The van der Waals surface area contributed by atoms with Crippen LogP contribution in [0.3, 0.4) is 0 Å². The molecule has 0 N–H and O–H groups in total. The zero-order chi connectivity index (χ0) is 23.0. The van der Waals surface area contributed by atoms with Crippen molar-refractivity contribution in [1.82, 2.24) is 0 Å². The summed E-state index contributed by atoms with van der Waals surface area (Å²) in [6.07, 6.45) is 5.50. The summed E-state index contributed by atoms with van der Waals surface area (Å²) in [4.78, 5) is 15.0. The van der Waals surface area contributed by atoms with Crippen LogP contribution in [0.2, 0.25) is 0 Å². The van der Waals surface area contributed by atoms with Gasteiger partial charge >= 0.3 is 5.97 Å². The highest BCUT2D eigenvalue weighted by Gasteiger charge is 2.32. The molecule has 4 rings (SSSR count). The molecule has 0 amide bonds. The lowest BCUT2D eigenvalue weighted by atomic mass is 9.96. The standard InChI is InChI=1S/C26H18F3O2S/c1-4-26(3,19-14-21(27)24(29)22(28)15-19)31-25(30)17-9-11-20(12-10-17)32-16(2)13-18-7-5-6-8-23(18)32/h1,5-15H,2-3H3/q+1. The molecule has 0 bridgehead atoms. The molecule has 6 heteroatoms. The number of esters is 1. The highest BCUT2D eigenvalue weighted by Crippen LogP contribution is 2.43. The first-order valence-electron chi connectivity index (χ1n) is 9.71. The second-order valence-electron chi connectivity index (χ2n) is 7.44. The Labute approximate surface area is 186 Å². The minimum absolute atomic E-state index is 0.175. The highest BCUT2D eigenvalue weighted by molar-refractivity contribution is 7.45. The van der Waals surface area contributed by atoms with E-state index in [1.807, 2.05) is 24.3 Å². The number of thiophene rings is 1. The van der Waals surface area contributed by atoms with Gasteiger partial charge in [-0.15, -0.1) is 6.42 Å². The van der Waals surface area contributed by atoms with Crippen molar-refractivity contribution in [2.75, 3.05) is 0 Å². The molecule has 1 aromatic heterocycles. The van der Waals surface area contributed by atoms with Crippen molar-refractivity contribution in [3.63, 3.8) is 0 Å². The first-order chi connectivity index (χ1) is 15.2. The van der Waals surface area contributed by atoms with Gasteiger partial charge in [-0.2, -0.15) is 0 Å². The number of carbonyl (C=O) groups excluding carboxylic acids is 1. The highest BCUT2D eigenvalue weighted by atomic mass is 32.2. The fourth-order valence-electron chi connectivity index (χ4n) is 3.52. The minimum atomic E-state index is -1.78. The molecule has 2 atom stereocenters. The van der Waals surface area contributed by atoms with Crippen LogP contribution in [0.25, 0.3) is 15.0 Å². The van der Waals surface area contributed by atoms with Gasteiger partial charge in [0, 0.05) is 34.4 Å². The van der Waals surface area contributed by atoms with Gasteiger partial charge in [0.25, 0.3) is 0 Å². The van der Waals surface area contributed by atoms with E-state index < -0.39 is 29.0 Å². The average Bonchev–Trinajstić information content (AvgIpc) is 3.12. The maximum absolute atomic E-state index is 13.7. The Balaban J connectivity index is 1.63. The first kappa shape index (κ1) is 21.7. The topological polar surface area (TPSA) is 26.3 Å². The lowest BCUT2D eigenvalue weighted by Crippen LogP contribution is -2.28. The Morgan fingerprint density at radius 2 is 1.62 bits per heavy atom. The molecule has 1 heterocycles. The Hall–Kier alpha value is -3.56. The van der Waals surface area contributed by atoms with Gasteiger partial charge < -0.3 is 4.74 Å². The molecule has 0 aliphatic rings. The van der Waals surface area contributed by atoms with Gasteiger partial charge in [0.05, 0.1) is 5.56 Å². The molecule has 160 valence electrons. The molecule has 0 saturated carbocycles. The number of fused-ring (bicyclic) bond motifs is 1. The van der Waals surface area contributed by atoms with E-state index in [9.17, 15) is 18.0 Å². The predicted octanol–water partition coefficient (Wildman–Crippen LogP) is 7.01. The van der Waals surface area contributed by atoms with Crippen LogP contribution in [0.4, 0.5) is 13.2 Å². The van der Waals surface area contributed by atoms with E-state index in [1.165, 1.54) is 21.9 Å². The smallest absolute Gasteiger partial charge is 0.339 e. The molecule has 4 aromatic rings. The molecular formula is C26H18F3O2S+. The minimum Gasteiger partial charge on any atom is -0.438 e. The van der Waals surface area contributed by atoms with E-state index in [0.29, 0.717) is 0 Å². The van der Waals surface area contributed by atoms with Gasteiger partial charge in [0.15, 0.2) is 37.5 Å². The molecule has 0 saturated heterocycles. The van der Waals surface area contributed by atoms with Gasteiger partial charge in [-0.3, -0.25) is 0 Å². The number of ether oxygens (including phenoxy) is 1. The number of hydrogen-bond donors (Lipinski definition) is 0. The zero-order valence-electron chi connectivity index (χ0n) is 17.3. The van der Waals surface area contributed by atoms with Crippen LogP contribution in [-0.2, 0) is 10.3 Å². The van der Waals surface area contributed by atoms with Crippen molar-refractivity contribution < 1.29 is 22.7 Å². The third-order valence-electron chi connectivity index (χ3n) is 5.25. The molecule has 2 nitrogen and oxygen atoms in total. The predicted molar refractivity (Wildman–Crippen MR) is 120 cm³/mol. The zero-order valence-corrected chi connectivity index (χ0v) is 18.1. The molecule has 0 spiro atoms. The lowest BCUT2D eigenvalue weighted by molar-refractivity contribution is 0.0126. The maximum atomic E-state index is 13.7. The number of halogens is 3. The summed E-state index contributed by atoms with van der Waals surface area (Å²) in [5, 5.41) is 1.18. The summed E-state index contributed by atoms with van der Waals surface area (Å²) in [7, 11) is -0.232. The third kappa shape index (κ3) is 3.76. The normalized spacial score (nSPS) is 13.4. The number of terminal acetylenes is 1. The molecular weight excluding hydrogens is 433 g/mol. The number of hydrogen-bond acceptors (Lipinski definition) is 2. The second kappa shape index (κ2) is 8.18. The van der Waals surface area contributed by atoms with Gasteiger partial charge in [0.1, 0.15) is 0 Å². The van der Waals surface area contributed by atoms with Crippen molar-refractivity contribution in [3.05, 3.63) is 100 Å². The Bertz CT molecular complexity index is 1360. The van der Waals surface area contributed by atoms with Crippen molar-refractivity contribution in [3.8, 4) is 17.2 Å². The first-order valence-corrected chi connectivity index (χ1v) is 10.9. The van der Waals surface area contributed by atoms with E-state index in [-0.39, 0.29) is 21.6 Å². The van der Waals surface area contributed by atoms with Crippen molar-refractivity contribution in [1.29, 1.82) is 0 Å². The van der Waals surface area contributed by atoms with Crippen molar-refractivity contribution in [2.45, 2.75) is 19.4 Å². The summed E-state index contributed by atoms with van der Waals surface area (Å²) >= 11 is 0. The van der Waals surface area contributed by atoms with E-state index in [4.69, 9.17) is 11.2 Å². The molecule has 0 aliphatic heterocycles. The SMILES string of the molecule is C#CC(C)(OC(=O)c1ccc(-[s+]2c(C)cc3ccccc32)cc1)c1cc(F)c(F)c(F)c1. The summed E-state index contributed by atoms with van der Waals surface area (Å²) in [6, 6.07) is 18.7. The Morgan fingerprint density at radius 3 is 2.25 bits per heavy atom. The summed E-state index contributed by atoms with van der Waals surface area (Å²) < 4.78 is 47.3. The van der Waals surface area contributed by atoms with Crippen LogP contribution in [0.1, 0.15) is 27.7 Å². The molecule has 0 aliphatic carbocycles. The summed E-state index contributed by atoms with van der Waals surface area (Å²) in [5.74, 6) is -2.97. The largest absolute Gasteiger partial charge is 0.438 e. The maximum Gasteiger partial charge on any atom is 0.339 e. The molecule has 0 radical (unpaired) electrons. The number of rotatable bonds is 4. The fourth-order valence-corrected chi connectivity index (χ4v) is 5.73. The lowest BCUT2D eigenvalue weighted by Gasteiger charge is -2.24. The number of carbonyl (C=O) groups is 1. The van der Waals surface area contributed by atoms with E-state index in [1.54, 1.807) is 12.1 Å². The van der Waals surface area contributed by atoms with Crippen LogP contribution in [0.5, 0.6) is 0 Å². The van der Waals surface area contributed by atoms with Gasteiger partial charge in [-0.1, -0.05) is 18.1 Å². The quantitative estimate of drug-likeness (QED) is 0.144. The van der Waals surface area contributed by atoms with E-state index in [2.05, 4.69) is 31.0 Å². The molecule has 32 heavy (non-hydrogen) atoms. The average molecular weight is 451 g/mol. The third-order valence-corrected chi connectivity index (χ3v) is 7.57. The number of benzene rings is 3. The Kier molecular flexibility index (Phi) is 5.53. The van der Waals surface area contributed by atoms with Crippen LogP contribution < -0.4 is 0 Å². The van der Waals surface area contributed by atoms with Crippen molar-refractivity contribution >= 4 is 26.5 Å². The van der Waals surface area contributed by atoms with E-state index >= 15 is 0 Å². The van der Waals surface area contributed by atoms with Gasteiger partial charge in [-0.05, 0) is 55.5 Å². The van der Waals surface area contributed by atoms with Gasteiger partial charge in [-0.25, -0.2) is 18.0 Å². The van der Waals surface area contributed by atoms with E-state index in [0.717, 1.165) is 17.0 Å². The van der Waals surface area contributed by atoms with Gasteiger partial charge in [0.2, 0.25) is 0 Å². The summed E-state index contributed by atoms with van der Waals surface area (Å²) in [6.45, 7) is 3.39. The fraction of sp³-hybridized carbons (Fsp3) is 0.115. The Morgan fingerprint density at radius 1 is 1.00 bits per heavy atom.